The summed E-state index contributed by atoms with van der Waals surface area (Å²) in [5.41, 5.74) is 0.668. The zero-order chi connectivity index (χ0) is 24.6. The van der Waals surface area contributed by atoms with E-state index in [1.807, 2.05) is 78.9 Å². The molecule has 6 nitrogen and oxygen atoms in total. The van der Waals surface area contributed by atoms with Gasteiger partial charge in [-0.3, -0.25) is 0 Å². The highest BCUT2D eigenvalue weighted by atomic mass is 16.6. The zero-order valence-corrected chi connectivity index (χ0v) is 20.1. The summed E-state index contributed by atoms with van der Waals surface area (Å²) in [7, 11) is 3.24. The van der Waals surface area contributed by atoms with E-state index in [1.165, 1.54) is 0 Å². The number of carbonyl (C=O) groups is 1. The normalized spacial score (nSPS) is 12.7. The Balaban J connectivity index is 2.14. The lowest BCUT2D eigenvalue weighted by atomic mass is 9.80. The van der Waals surface area contributed by atoms with Crippen molar-refractivity contribution in [2.45, 2.75) is 31.2 Å². The van der Waals surface area contributed by atoms with E-state index in [-0.39, 0.29) is 13.2 Å². The van der Waals surface area contributed by atoms with Crippen molar-refractivity contribution in [3.8, 4) is 11.5 Å². The molecule has 3 aromatic rings. The second kappa shape index (κ2) is 11.3. The molecule has 180 valence electrons. The largest absolute Gasteiger partial charge is 0.497 e. The van der Waals surface area contributed by atoms with Crippen LogP contribution < -0.4 is 9.47 Å². The van der Waals surface area contributed by atoms with Gasteiger partial charge in [-0.2, -0.15) is 0 Å². The molecule has 1 unspecified atom stereocenters. The summed E-state index contributed by atoms with van der Waals surface area (Å²) in [6, 6.07) is 25.1. The zero-order valence-electron chi connectivity index (χ0n) is 20.1. The molecule has 6 heteroatoms. The number of hydrogen-bond donors (Lipinski definition) is 1. The molecular weight excluding hydrogens is 432 g/mol. The van der Waals surface area contributed by atoms with Crippen LogP contribution in [0.25, 0.3) is 0 Å². The smallest absolute Gasteiger partial charge is 0.151 e. The van der Waals surface area contributed by atoms with Gasteiger partial charge >= 0.3 is 0 Å². The number of aliphatic hydroxyl groups excluding tert-OH is 1. The van der Waals surface area contributed by atoms with Gasteiger partial charge in [0, 0.05) is 0 Å². The highest BCUT2D eigenvalue weighted by molar-refractivity contribution is 5.56. The Morgan fingerprint density at radius 2 is 1.26 bits per heavy atom. The second-order valence-corrected chi connectivity index (χ2v) is 8.53. The van der Waals surface area contributed by atoms with Crippen LogP contribution in [-0.2, 0) is 19.9 Å². The summed E-state index contributed by atoms with van der Waals surface area (Å²) >= 11 is 0. The molecule has 0 radical (unpaired) electrons. The Morgan fingerprint density at radius 3 is 1.68 bits per heavy atom. The molecule has 0 aliphatic heterocycles. The third-order valence-corrected chi connectivity index (χ3v) is 5.64. The fourth-order valence-electron chi connectivity index (χ4n) is 3.83. The van der Waals surface area contributed by atoms with Crippen LogP contribution in [0.3, 0.4) is 0 Å². The van der Waals surface area contributed by atoms with Crippen molar-refractivity contribution in [3.63, 3.8) is 0 Å². The van der Waals surface area contributed by atoms with Gasteiger partial charge in [-0.05, 0) is 54.8 Å². The molecule has 0 aliphatic carbocycles. The van der Waals surface area contributed by atoms with Gasteiger partial charge in [0.15, 0.2) is 6.29 Å². The number of hydrogen-bond acceptors (Lipinski definition) is 6. The number of benzene rings is 3. The highest BCUT2D eigenvalue weighted by Crippen LogP contribution is 2.41. The van der Waals surface area contributed by atoms with E-state index in [1.54, 1.807) is 28.1 Å². The van der Waals surface area contributed by atoms with Crippen molar-refractivity contribution in [1.29, 1.82) is 0 Å². The Labute approximate surface area is 201 Å². The monoisotopic (exact) mass is 464 g/mol. The summed E-state index contributed by atoms with van der Waals surface area (Å²) < 4.78 is 23.2. The summed E-state index contributed by atoms with van der Waals surface area (Å²) in [5.74, 6) is 1.44. The minimum Gasteiger partial charge on any atom is -0.497 e. The summed E-state index contributed by atoms with van der Waals surface area (Å²) in [5, 5.41) is 9.59. The lowest BCUT2D eigenvalue weighted by Gasteiger charge is -2.37. The SMILES string of the molecule is COc1ccc(C(OCC(C=O)OC(C)(C)CO)(c2ccccc2)c2ccc(OC)cc2)cc1. The average Bonchev–Trinajstić information content (AvgIpc) is 2.89. The van der Waals surface area contributed by atoms with Gasteiger partial charge in [-0.25, -0.2) is 0 Å². The third kappa shape index (κ3) is 5.65. The van der Waals surface area contributed by atoms with E-state index in [0.29, 0.717) is 6.29 Å². The van der Waals surface area contributed by atoms with Crippen LogP contribution >= 0.6 is 0 Å². The van der Waals surface area contributed by atoms with E-state index in [2.05, 4.69) is 0 Å². The van der Waals surface area contributed by atoms with Crippen molar-refractivity contribution in [2.24, 2.45) is 0 Å². The second-order valence-electron chi connectivity index (χ2n) is 8.53. The maximum Gasteiger partial charge on any atom is 0.151 e. The van der Waals surface area contributed by atoms with Crippen molar-refractivity contribution in [3.05, 3.63) is 95.6 Å². The van der Waals surface area contributed by atoms with Gasteiger partial charge in [0.1, 0.15) is 23.2 Å². The van der Waals surface area contributed by atoms with E-state index < -0.39 is 17.3 Å². The number of carbonyl (C=O) groups excluding carboxylic acids is 1. The summed E-state index contributed by atoms with van der Waals surface area (Å²) in [6.07, 6.45) is -0.170. The first-order valence-corrected chi connectivity index (χ1v) is 11.1. The van der Waals surface area contributed by atoms with Gasteiger partial charge in [0.25, 0.3) is 0 Å². The van der Waals surface area contributed by atoms with E-state index >= 15 is 0 Å². The van der Waals surface area contributed by atoms with E-state index in [4.69, 9.17) is 18.9 Å². The first-order chi connectivity index (χ1) is 16.4. The molecule has 0 aromatic heterocycles. The predicted octanol–water partition coefficient (Wildman–Crippen LogP) is 4.37. The quantitative estimate of drug-likeness (QED) is 0.317. The van der Waals surface area contributed by atoms with E-state index in [0.717, 1.165) is 28.2 Å². The predicted molar refractivity (Wildman–Crippen MR) is 130 cm³/mol. The topological polar surface area (TPSA) is 74.2 Å². The van der Waals surface area contributed by atoms with Gasteiger partial charge in [-0.15, -0.1) is 0 Å². The van der Waals surface area contributed by atoms with Crippen molar-refractivity contribution >= 4 is 6.29 Å². The molecule has 3 aromatic carbocycles. The lowest BCUT2D eigenvalue weighted by molar-refractivity contribution is -0.150. The molecule has 0 amide bonds. The summed E-state index contributed by atoms with van der Waals surface area (Å²) in [6.45, 7) is 3.19. The Hall–Kier alpha value is -3.19. The van der Waals surface area contributed by atoms with Crippen LogP contribution in [0, 0.1) is 0 Å². The van der Waals surface area contributed by atoms with Crippen LogP contribution in [0.2, 0.25) is 0 Å². The number of ether oxygens (including phenoxy) is 4. The van der Waals surface area contributed by atoms with Crippen LogP contribution in [-0.4, -0.2) is 50.5 Å². The fourth-order valence-corrected chi connectivity index (χ4v) is 3.83. The Morgan fingerprint density at radius 1 is 0.794 bits per heavy atom. The average molecular weight is 465 g/mol. The minimum absolute atomic E-state index is 0.0279. The van der Waals surface area contributed by atoms with Crippen LogP contribution in [0.4, 0.5) is 0 Å². The molecule has 0 aliphatic rings. The highest BCUT2D eigenvalue weighted by Gasteiger charge is 2.39. The molecule has 0 saturated carbocycles. The molecule has 0 bridgehead atoms. The van der Waals surface area contributed by atoms with Gasteiger partial charge < -0.3 is 28.8 Å². The van der Waals surface area contributed by atoms with Crippen molar-refractivity contribution < 1.29 is 28.8 Å². The number of rotatable bonds is 12. The standard InChI is InChI=1S/C28H32O6/c1-27(2,20-30)34-26(18-29)19-33-28(21-8-6-5-7-9-21,22-10-14-24(31-3)15-11-22)23-12-16-25(32-4)17-13-23/h5-18,26,30H,19-20H2,1-4H3. The van der Waals surface area contributed by atoms with E-state index in [9.17, 15) is 9.90 Å². The van der Waals surface area contributed by atoms with Gasteiger partial charge in [0.2, 0.25) is 0 Å². The molecule has 0 heterocycles. The van der Waals surface area contributed by atoms with Crippen LogP contribution in [0.15, 0.2) is 78.9 Å². The fraction of sp³-hybridized carbons (Fsp3) is 0.321. The Kier molecular flexibility index (Phi) is 8.45. The number of methoxy groups -OCH3 is 2. The van der Waals surface area contributed by atoms with Gasteiger partial charge in [0.05, 0.1) is 33.0 Å². The molecule has 34 heavy (non-hydrogen) atoms. The molecule has 1 atom stereocenters. The number of aldehydes is 1. The molecule has 0 spiro atoms. The van der Waals surface area contributed by atoms with Crippen LogP contribution in [0.1, 0.15) is 30.5 Å². The minimum atomic E-state index is -1.05. The van der Waals surface area contributed by atoms with Crippen molar-refractivity contribution in [1.82, 2.24) is 0 Å². The molecule has 3 rings (SSSR count). The summed E-state index contributed by atoms with van der Waals surface area (Å²) in [4.78, 5) is 11.9. The maximum atomic E-state index is 11.9. The maximum absolute atomic E-state index is 11.9. The van der Waals surface area contributed by atoms with Crippen LogP contribution in [0.5, 0.6) is 11.5 Å². The first-order valence-electron chi connectivity index (χ1n) is 11.1. The first kappa shape index (κ1) is 25.4. The molecule has 1 N–H and O–H groups in total. The molecular formula is C28H32O6. The third-order valence-electron chi connectivity index (χ3n) is 5.64. The van der Waals surface area contributed by atoms with Crippen molar-refractivity contribution in [2.75, 3.05) is 27.4 Å². The Bertz CT molecular complexity index is 981. The molecule has 0 saturated heterocycles. The number of aliphatic hydroxyl groups is 1. The van der Waals surface area contributed by atoms with Gasteiger partial charge in [-0.1, -0.05) is 54.6 Å². The lowest BCUT2D eigenvalue weighted by Crippen LogP contribution is -2.41. The molecule has 0 fully saturated rings.